The van der Waals surface area contributed by atoms with E-state index in [1.54, 1.807) is 31.5 Å². The monoisotopic (exact) mass is 528 g/mol. The van der Waals surface area contributed by atoms with E-state index in [2.05, 4.69) is 20.6 Å². The van der Waals surface area contributed by atoms with Crippen molar-refractivity contribution < 1.29 is 23.1 Å². The number of Topliss-reactive ketones (excluding diaryl/α,β-unsaturated/α-hetero) is 1. The number of fused-ring (bicyclic) bond motifs is 1. The maximum atomic E-state index is 13.6. The summed E-state index contributed by atoms with van der Waals surface area (Å²) in [4.78, 5) is 33.8. The van der Waals surface area contributed by atoms with E-state index < -0.39 is 23.6 Å². The third-order valence-electron chi connectivity index (χ3n) is 6.53. The fraction of sp³-hybridized carbons (Fsp3) is 0.200. The Morgan fingerprint density at radius 2 is 2.03 bits per heavy atom. The van der Waals surface area contributed by atoms with Gasteiger partial charge in [-0.3, -0.25) is 14.6 Å². The topological polar surface area (TPSA) is 92.7 Å². The molecule has 0 unspecified atom stereocenters. The standard InChI is InChI=1S/C30H26F2N4O3/c1-18(20-4-7-26(31)27(32)15-20)36-30(38)24-3-2-9-34-29(24)35-11-12-39-22-5-6-23-21(14-22)16-28(37)25(23)13-19-8-10-33-17-19/h2-7,9-10,13-15,17-18H,8,11-12,16H2,1H3,(H,34,35)(H,36,38)/b25-13-/t18-/m0/s1. The van der Waals surface area contributed by atoms with Gasteiger partial charge in [0, 0.05) is 37.0 Å². The van der Waals surface area contributed by atoms with Crippen molar-refractivity contribution in [2.45, 2.75) is 25.8 Å². The molecule has 0 radical (unpaired) electrons. The fourth-order valence-corrected chi connectivity index (χ4v) is 4.49. The Hall–Kier alpha value is -4.66. The molecule has 198 valence electrons. The number of aliphatic imine (C=N–C) groups is 1. The van der Waals surface area contributed by atoms with Crippen LogP contribution in [0.3, 0.4) is 0 Å². The number of benzene rings is 2. The fourth-order valence-electron chi connectivity index (χ4n) is 4.49. The smallest absolute Gasteiger partial charge is 0.255 e. The van der Waals surface area contributed by atoms with Gasteiger partial charge < -0.3 is 15.4 Å². The zero-order valence-electron chi connectivity index (χ0n) is 21.2. The third-order valence-corrected chi connectivity index (χ3v) is 6.53. The first-order chi connectivity index (χ1) is 18.9. The van der Waals surface area contributed by atoms with Crippen LogP contribution in [0.5, 0.6) is 5.75 Å². The Bertz CT molecular complexity index is 1530. The van der Waals surface area contributed by atoms with Crippen LogP contribution >= 0.6 is 0 Å². The van der Waals surface area contributed by atoms with Crippen LogP contribution < -0.4 is 15.4 Å². The Morgan fingerprint density at radius 3 is 2.82 bits per heavy atom. The largest absolute Gasteiger partial charge is 0.492 e. The van der Waals surface area contributed by atoms with E-state index >= 15 is 0 Å². The molecule has 3 aromatic rings. The molecule has 1 aliphatic heterocycles. The lowest BCUT2D eigenvalue weighted by Crippen LogP contribution is -2.28. The van der Waals surface area contributed by atoms with Gasteiger partial charge in [0.25, 0.3) is 5.91 Å². The molecular formula is C30H26F2N4O3. The first kappa shape index (κ1) is 26.0. The lowest BCUT2D eigenvalue weighted by Gasteiger charge is -2.16. The number of nitrogens with one attached hydrogen (secondary N) is 2. The molecule has 1 aromatic heterocycles. The number of aromatic nitrogens is 1. The summed E-state index contributed by atoms with van der Waals surface area (Å²) < 4.78 is 32.7. The summed E-state index contributed by atoms with van der Waals surface area (Å²) in [5.41, 5.74) is 4.31. The van der Waals surface area contributed by atoms with Gasteiger partial charge in [0.15, 0.2) is 17.4 Å². The van der Waals surface area contributed by atoms with Crippen LogP contribution in [0.4, 0.5) is 14.6 Å². The molecule has 0 fully saturated rings. The molecule has 2 aliphatic rings. The molecule has 2 N–H and O–H groups in total. The van der Waals surface area contributed by atoms with Crippen molar-refractivity contribution in [3.63, 3.8) is 0 Å². The average Bonchev–Trinajstić information content (AvgIpc) is 3.55. The lowest BCUT2D eigenvalue weighted by molar-refractivity contribution is -0.112. The number of ether oxygens (including phenoxy) is 1. The van der Waals surface area contributed by atoms with Crippen LogP contribution in [0.2, 0.25) is 0 Å². The number of anilines is 1. The summed E-state index contributed by atoms with van der Waals surface area (Å²) in [7, 11) is 0. The van der Waals surface area contributed by atoms with Gasteiger partial charge in [0.05, 0.1) is 18.2 Å². The highest BCUT2D eigenvalue weighted by atomic mass is 19.2. The van der Waals surface area contributed by atoms with E-state index in [0.717, 1.165) is 35.3 Å². The number of carbonyl (C=O) groups excluding carboxylic acids is 2. The predicted octanol–water partition coefficient (Wildman–Crippen LogP) is 5.21. The van der Waals surface area contributed by atoms with Gasteiger partial charge in [-0.15, -0.1) is 0 Å². The van der Waals surface area contributed by atoms with Gasteiger partial charge >= 0.3 is 0 Å². The van der Waals surface area contributed by atoms with Gasteiger partial charge in [-0.25, -0.2) is 13.8 Å². The Kier molecular flexibility index (Phi) is 7.58. The van der Waals surface area contributed by atoms with E-state index in [9.17, 15) is 18.4 Å². The van der Waals surface area contributed by atoms with Crippen LogP contribution in [-0.2, 0) is 11.2 Å². The lowest BCUT2D eigenvalue weighted by atomic mass is 10.0. The molecule has 0 spiro atoms. The number of ketones is 1. The summed E-state index contributed by atoms with van der Waals surface area (Å²) in [6.07, 6.45) is 8.12. The van der Waals surface area contributed by atoms with Gasteiger partial charge in [-0.1, -0.05) is 12.1 Å². The van der Waals surface area contributed by atoms with Gasteiger partial charge in [0.2, 0.25) is 0 Å². The normalized spacial score (nSPS) is 15.7. The van der Waals surface area contributed by atoms with Gasteiger partial charge in [-0.05, 0) is 71.7 Å². The number of halogens is 2. The summed E-state index contributed by atoms with van der Waals surface area (Å²) >= 11 is 0. The second-order valence-electron chi connectivity index (χ2n) is 9.26. The van der Waals surface area contributed by atoms with Crippen molar-refractivity contribution in [1.29, 1.82) is 0 Å². The van der Waals surface area contributed by atoms with E-state index in [1.165, 1.54) is 6.07 Å². The van der Waals surface area contributed by atoms with Crippen molar-refractivity contribution in [2.24, 2.45) is 4.99 Å². The molecule has 2 heterocycles. The third kappa shape index (κ3) is 5.93. The number of pyridine rings is 1. The highest BCUT2D eigenvalue weighted by molar-refractivity contribution is 6.26. The first-order valence-electron chi connectivity index (χ1n) is 12.6. The molecule has 39 heavy (non-hydrogen) atoms. The summed E-state index contributed by atoms with van der Waals surface area (Å²) in [5.74, 6) is -1.22. The van der Waals surface area contributed by atoms with E-state index in [0.29, 0.717) is 47.8 Å². The molecule has 0 bridgehead atoms. The number of hydrogen-bond donors (Lipinski definition) is 2. The first-order valence-corrected chi connectivity index (χ1v) is 12.6. The SMILES string of the molecule is C[C@H](NC(=O)c1cccnc1NCCOc1ccc2c(c1)CC(=O)/C2=C\C1=CN=CC1)c1ccc(F)c(F)c1. The van der Waals surface area contributed by atoms with Gasteiger partial charge in [-0.2, -0.15) is 0 Å². The predicted molar refractivity (Wildman–Crippen MR) is 145 cm³/mol. The average molecular weight is 529 g/mol. The molecule has 7 nitrogen and oxygen atoms in total. The molecule has 1 atom stereocenters. The zero-order valence-corrected chi connectivity index (χ0v) is 21.2. The second-order valence-corrected chi connectivity index (χ2v) is 9.26. The van der Waals surface area contributed by atoms with Crippen LogP contribution in [0, 0.1) is 11.6 Å². The van der Waals surface area contributed by atoms with Crippen molar-refractivity contribution >= 4 is 29.3 Å². The van der Waals surface area contributed by atoms with Crippen LogP contribution in [-0.4, -0.2) is 36.0 Å². The quantitative estimate of drug-likeness (QED) is 0.294. The molecule has 9 heteroatoms. The number of allylic oxidation sites excluding steroid dienone is 3. The minimum absolute atomic E-state index is 0.0801. The molecule has 0 saturated heterocycles. The van der Waals surface area contributed by atoms with Crippen molar-refractivity contribution in [3.8, 4) is 5.75 Å². The number of hydrogen-bond acceptors (Lipinski definition) is 6. The zero-order chi connectivity index (χ0) is 27.4. The Balaban J connectivity index is 1.17. The van der Waals surface area contributed by atoms with Crippen LogP contribution in [0.25, 0.3) is 5.57 Å². The number of carbonyl (C=O) groups is 2. The van der Waals surface area contributed by atoms with E-state index in [1.807, 2.05) is 30.5 Å². The Morgan fingerprint density at radius 1 is 1.15 bits per heavy atom. The molecule has 2 aromatic carbocycles. The molecule has 1 amide bonds. The maximum absolute atomic E-state index is 13.6. The Labute approximate surface area is 224 Å². The second kappa shape index (κ2) is 11.4. The summed E-state index contributed by atoms with van der Waals surface area (Å²) in [6, 6.07) is 11.9. The van der Waals surface area contributed by atoms with Crippen molar-refractivity contribution in [2.75, 3.05) is 18.5 Å². The highest BCUT2D eigenvalue weighted by Crippen LogP contribution is 2.33. The summed E-state index contributed by atoms with van der Waals surface area (Å²) in [5, 5.41) is 5.90. The minimum atomic E-state index is -0.971. The minimum Gasteiger partial charge on any atom is -0.492 e. The molecule has 0 saturated carbocycles. The van der Waals surface area contributed by atoms with Gasteiger partial charge in [0.1, 0.15) is 18.2 Å². The van der Waals surface area contributed by atoms with Crippen molar-refractivity contribution in [3.05, 3.63) is 106 Å². The number of rotatable bonds is 9. The summed E-state index contributed by atoms with van der Waals surface area (Å²) in [6.45, 7) is 2.35. The number of nitrogens with zero attached hydrogens (tertiary/aromatic N) is 2. The van der Waals surface area contributed by atoms with E-state index in [-0.39, 0.29) is 5.78 Å². The maximum Gasteiger partial charge on any atom is 0.255 e. The molecule has 5 rings (SSSR count). The number of amides is 1. The van der Waals surface area contributed by atoms with Crippen LogP contribution in [0.1, 0.15) is 46.4 Å². The molecule has 1 aliphatic carbocycles. The van der Waals surface area contributed by atoms with E-state index in [4.69, 9.17) is 4.74 Å². The van der Waals surface area contributed by atoms with Crippen LogP contribution in [0.15, 0.2) is 77.6 Å². The molecular weight excluding hydrogens is 502 g/mol. The highest BCUT2D eigenvalue weighted by Gasteiger charge is 2.25. The van der Waals surface area contributed by atoms with Crippen molar-refractivity contribution in [1.82, 2.24) is 10.3 Å².